The van der Waals surface area contributed by atoms with Crippen molar-refractivity contribution in [2.75, 3.05) is 13.6 Å². The zero-order valence-corrected chi connectivity index (χ0v) is 9.47. The number of hydrogen-bond acceptors (Lipinski definition) is 4. The van der Waals surface area contributed by atoms with E-state index in [0.717, 1.165) is 0 Å². The van der Waals surface area contributed by atoms with Crippen LogP contribution in [0.3, 0.4) is 0 Å². The summed E-state index contributed by atoms with van der Waals surface area (Å²) in [6.45, 7) is 0.462. The minimum atomic E-state index is -1.09. The van der Waals surface area contributed by atoms with Crippen molar-refractivity contribution in [2.45, 2.75) is 31.0 Å². The molecule has 0 unspecified atom stereocenters. The van der Waals surface area contributed by atoms with Crippen LogP contribution in [0.2, 0.25) is 0 Å². The average Bonchev–Trinajstić information content (AvgIpc) is 2.69. The van der Waals surface area contributed by atoms with Gasteiger partial charge in [0.15, 0.2) is 0 Å². The maximum absolute atomic E-state index is 12.0. The Bertz CT molecular complexity index is 371. The van der Waals surface area contributed by atoms with Gasteiger partial charge >= 0.3 is 5.97 Å². The fraction of sp³-hybridized carbons (Fsp3) is 0.700. The molecule has 2 heterocycles. The van der Waals surface area contributed by atoms with Gasteiger partial charge in [0.1, 0.15) is 12.1 Å². The number of likely N-dealkylation sites (N-methyl/N-ethyl adjacent to an activating group) is 1. The van der Waals surface area contributed by atoms with Gasteiger partial charge in [-0.15, -0.1) is 0 Å². The average molecular weight is 241 g/mol. The lowest BCUT2D eigenvalue weighted by Crippen LogP contribution is -2.61. The standard InChI is InChI=1S/C10H15N3O4/c1-11-5-2-7-9(16)12-6(3-8(14)15)10(17)13(7)4-5/h5-7,11H,2-4H2,1H3,(H,12,16)(H,14,15)/t5-,6-,7-/m0/s1. The second-order valence-corrected chi connectivity index (χ2v) is 4.39. The highest BCUT2D eigenvalue weighted by atomic mass is 16.4. The number of nitrogens with one attached hydrogen (secondary N) is 2. The number of piperazine rings is 1. The number of rotatable bonds is 3. The highest BCUT2D eigenvalue weighted by molar-refractivity contribution is 5.99. The monoisotopic (exact) mass is 241 g/mol. The molecule has 0 aromatic carbocycles. The molecule has 0 aliphatic carbocycles. The molecule has 7 heteroatoms. The van der Waals surface area contributed by atoms with Crippen LogP contribution >= 0.6 is 0 Å². The third-order valence-corrected chi connectivity index (χ3v) is 3.29. The Labute approximate surface area is 98.2 Å². The van der Waals surface area contributed by atoms with Gasteiger partial charge in [0.05, 0.1) is 6.42 Å². The van der Waals surface area contributed by atoms with E-state index in [4.69, 9.17) is 5.11 Å². The summed E-state index contributed by atoms with van der Waals surface area (Å²) in [5.41, 5.74) is 0. The van der Waals surface area contributed by atoms with Crippen LogP contribution in [0.1, 0.15) is 12.8 Å². The molecular formula is C10H15N3O4. The third-order valence-electron chi connectivity index (χ3n) is 3.29. The van der Waals surface area contributed by atoms with E-state index in [9.17, 15) is 14.4 Å². The van der Waals surface area contributed by atoms with Gasteiger partial charge in [-0.2, -0.15) is 0 Å². The van der Waals surface area contributed by atoms with Crippen LogP contribution < -0.4 is 10.6 Å². The third kappa shape index (κ3) is 2.10. The Kier molecular flexibility index (Phi) is 3.01. The second kappa shape index (κ2) is 4.33. The smallest absolute Gasteiger partial charge is 0.305 e. The van der Waals surface area contributed by atoms with Gasteiger partial charge in [0, 0.05) is 12.6 Å². The van der Waals surface area contributed by atoms with Gasteiger partial charge in [-0.25, -0.2) is 0 Å². The molecule has 0 saturated carbocycles. The molecule has 3 atom stereocenters. The predicted molar refractivity (Wildman–Crippen MR) is 57.1 cm³/mol. The number of nitrogens with zero attached hydrogens (tertiary/aromatic N) is 1. The largest absolute Gasteiger partial charge is 0.481 e. The molecule has 2 aliphatic rings. The molecule has 2 fully saturated rings. The molecule has 2 amide bonds. The Balaban J connectivity index is 2.12. The van der Waals surface area contributed by atoms with Crippen molar-refractivity contribution in [1.29, 1.82) is 0 Å². The number of carbonyl (C=O) groups excluding carboxylic acids is 2. The van der Waals surface area contributed by atoms with Gasteiger partial charge in [0.2, 0.25) is 11.8 Å². The zero-order chi connectivity index (χ0) is 12.6. The molecule has 0 bridgehead atoms. The van der Waals surface area contributed by atoms with E-state index in [1.54, 1.807) is 7.05 Å². The SMILES string of the molecule is CN[C@H]1C[C@H]2C(=O)N[C@@H](CC(=O)O)C(=O)N2C1. The van der Waals surface area contributed by atoms with Crippen LogP contribution in [-0.2, 0) is 14.4 Å². The highest BCUT2D eigenvalue weighted by Crippen LogP contribution is 2.23. The summed E-state index contributed by atoms with van der Waals surface area (Å²) < 4.78 is 0. The van der Waals surface area contributed by atoms with Crippen molar-refractivity contribution in [2.24, 2.45) is 0 Å². The number of hydrogen-bond donors (Lipinski definition) is 3. The van der Waals surface area contributed by atoms with E-state index in [0.29, 0.717) is 13.0 Å². The van der Waals surface area contributed by atoms with E-state index in [1.165, 1.54) is 4.90 Å². The van der Waals surface area contributed by atoms with Gasteiger partial charge in [-0.3, -0.25) is 14.4 Å². The number of aliphatic carboxylic acids is 1. The van der Waals surface area contributed by atoms with E-state index in [-0.39, 0.29) is 24.3 Å². The Morgan fingerprint density at radius 1 is 1.59 bits per heavy atom. The van der Waals surface area contributed by atoms with Crippen molar-refractivity contribution in [1.82, 2.24) is 15.5 Å². The minimum absolute atomic E-state index is 0.0956. The van der Waals surface area contributed by atoms with Gasteiger partial charge in [0.25, 0.3) is 0 Å². The number of carbonyl (C=O) groups is 3. The maximum atomic E-state index is 12.0. The van der Waals surface area contributed by atoms with Gasteiger partial charge < -0.3 is 20.6 Å². The van der Waals surface area contributed by atoms with Crippen molar-refractivity contribution >= 4 is 17.8 Å². The van der Waals surface area contributed by atoms with Crippen LogP contribution in [0.5, 0.6) is 0 Å². The second-order valence-electron chi connectivity index (χ2n) is 4.39. The zero-order valence-electron chi connectivity index (χ0n) is 9.47. The van der Waals surface area contributed by atoms with Crippen molar-refractivity contribution in [3.8, 4) is 0 Å². The molecule has 0 spiro atoms. The number of carboxylic acid groups (broad SMARTS) is 1. The van der Waals surface area contributed by atoms with Crippen molar-refractivity contribution in [3.05, 3.63) is 0 Å². The Hall–Kier alpha value is -1.63. The summed E-state index contributed by atoms with van der Waals surface area (Å²) in [4.78, 5) is 35.8. The summed E-state index contributed by atoms with van der Waals surface area (Å²) in [6.07, 6.45) is 0.214. The molecule has 7 nitrogen and oxygen atoms in total. The molecule has 94 valence electrons. The lowest BCUT2D eigenvalue weighted by Gasteiger charge is -2.33. The first-order chi connectivity index (χ1) is 8.02. The molecule has 0 aromatic heterocycles. The van der Waals surface area contributed by atoms with Gasteiger partial charge in [-0.1, -0.05) is 0 Å². The molecule has 2 saturated heterocycles. The van der Waals surface area contributed by atoms with E-state index in [2.05, 4.69) is 10.6 Å². The van der Waals surface area contributed by atoms with Crippen LogP contribution in [0.15, 0.2) is 0 Å². The predicted octanol–water partition coefficient (Wildman–Crippen LogP) is -1.85. The maximum Gasteiger partial charge on any atom is 0.305 e. The van der Waals surface area contributed by atoms with Crippen LogP contribution in [-0.4, -0.2) is 59.5 Å². The fourth-order valence-electron chi connectivity index (χ4n) is 2.38. The lowest BCUT2D eigenvalue weighted by atomic mass is 10.1. The normalized spacial score (nSPS) is 32.3. The molecule has 0 aromatic rings. The number of fused-ring (bicyclic) bond motifs is 1. The first-order valence-corrected chi connectivity index (χ1v) is 5.53. The van der Waals surface area contributed by atoms with E-state index < -0.39 is 18.1 Å². The highest BCUT2D eigenvalue weighted by Gasteiger charge is 2.46. The molecular weight excluding hydrogens is 226 g/mol. The van der Waals surface area contributed by atoms with E-state index >= 15 is 0 Å². The Morgan fingerprint density at radius 2 is 2.29 bits per heavy atom. The first-order valence-electron chi connectivity index (χ1n) is 5.53. The summed E-state index contributed by atoms with van der Waals surface area (Å²) in [6, 6.07) is -1.28. The molecule has 2 rings (SSSR count). The summed E-state index contributed by atoms with van der Waals surface area (Å²) in [5.74, 6) is -1.64. The summed E-state index contributed by atoms with van der Waals surface area (Å²) in [5, 5.41) is 14.2. The number of carboxylic acids is 1. The lowest BCUT2D eigenvalue weighted by molar-refractivity contribution is -0.150. The van der Waals surface area contributed by atoms with Crippen LogP contribution in [0, 0.1) is 0 Å². The molecule has 2 aliphatic heterocycles. The Morgan fingerprint density at radius 3 is 2.88 bits per heavy atom. The molecule has 0 radical (unpaired) electrons. The molecule has 3 N–H and O–H groups in total. The van der Waals surface area contributed by atoms with Crippen LogP contribution in [0.4, 0.5) is 0 Å². The molecule has 17 heavy (non-hydrogen) atoms. The fourth-order valence-corrected chi connectivity index (χ4v) is 2.38. The van der Waals surface area contributed by atoms with Gasteiger partial charge in [-0.05, 0) is 13.5 Å². The van der Waals surface area contributed by atoms with E-state index in [1.807, 2.05) is 0 Å². The quantitative estimate of drug-likeness (QED) is 0.538. The summed E-state index contributed by atoms with van der Waals surface area (Å²) in [7, 11) is 1.78. The topological polar surface area (TPSA) is 98.7 Å². The number of amides is 2. The van der Waals surface area contributed by atoms with Crippen molar-refractivity contribution < 1.29 is 19.5 Å². The van der Waals surface area contributed by atoms with Crippen LogP contribution in [0.25, 0.3) is 0 Å². The summed E-state index contributed by atoms with van der Waals surface area (Å²) >= 11 is 0. The minimum Gasteiger partial charge on any atom is -0.481 e. The first kappa shape index (κ1) is 11.8. The van der Waals surface area contributed by atoms with Crippen molar-refractivity contribution in [3.63, 3.8) is 0 Å².